The van der Waals surface area contributed by atoms with E-state index in [4.69, 9.17) is 40.0 Å². The van der Waals surface area contributed by atoms with Gasteiger partial charge in [-0.2, -0.15) is 5.10 Å². The van der Waals surface area contributed by atoms with Crippen molar-refractivity contribution in [1.29, 1.82) is 0 Å². The van der Waals surface area contributed by atoms with Gasteiger partial charge in [-0.05, 0) is 106 Å². The standard InChI is InChI=1S/C60H82ClN13O10S/c1-69(23-5-6-32-83-53-17-10-46(11-18-53)12-21-55(75)74(24-7-31-79-4)57(48-42-63-71(3)43-48)58(77)62-41-47-8-13-49(61)14-9-47)29-34-81-37-36-80-33-22-51-44-73(68-67-51)30-35-82-38-39-84-54-19-15-50(16-20-54)64-59(78)66-60-65-52(45-85-60)40-56(76)72-27-25-70(2)26-28-72/h8-11,13-20,42-45,57H,5-7,12,21-41H2,1-4H3,(H,62,77)(H2,64,65,66,78). The molecule has 4 heterocycles. The van der Waals surface area contributed by atoms with Crippen molar-refractivity contribution in [2.24, 2.45) is 7.05 Å². The van der Waals surface area contributed by atoms with Crippen molar-refractivity contribution in [3.8, 4) is 11.5 Å². The van der Waals surface area contributed by atoms with Gasteiger partial charge in [0.05, 0.1) is 76.8 Å². The third-order valence-electron chi connectivity index (χ3n) is 13.9. The van der Waals surface area contributed by atoms with Crippen LogP contribution in [0.2, 0.25) is 5.02 Å². The number of anilines is 2. The van der Waals surface area contributed by atoms with E-state index in [0.29, 0.717) is 144 Å². The maximum absolute atomic E-state index is 14.0. The summed E-state index contributed by atoms with van der Waals surface area (Å²) in [6.45, 7) is 10.4. The summed E-state index contributed by atoms with van der Waals surface area (Å²) in [5.74, 6) is 1.04. The number of likely N-dealkylation sites (N-methyl/N-ethyl adjacent to an activating group) is 2. The van der Waals surface area contributed by atoms with Crippen LogP contribution in [0, 0.1) is 0 Å². The Morgan fingerprint density at radius 1 is 0.718 bits per heavy atom. The molecule has 0 radical (unpaired) electrons. The van der Waals surface area contributed by atoms with Crippen LogP contribution in [0.1, 0.15) is 59.8 Å². The molecular formula is C60H82ClN13O10S. The van der Waals surface area contributed by atoms with Gasteiger partial charge in [0.1, 0.15) is 24.1 Å². The lowest BCUT2D eigenvalue weighted by molar-refractivity contribution is -0.141. The Morgan fingerprint density at radius 3 is 2.16 bits per heavy atom. The Morgan fingerprint density at radius 2 is 1.42 bits per heavy atom. The number of aromatic nitrogens is 6. The number of ether oxygens (including phenoxy) is 6. The van der Waals surface area contributed by atoms with Crippen molar-refractivity contribution in [3.05, 3.63) is 130 Å². The monoisotopic (exact) mass is 1210 g/mol. The van der Waals surface area contributed by atoms with Crippen LogP contribution < -0.4 is 25.4 Å². The van der Waals surface area contributed by atoms with E-state index in [2.05, 4.69) is 53.2 Å². The first kappa shape index (κ1) is 65.5. The third-order valence-corrected chi connectivity index (χ3v) is 15.0. The lowest BCUT2D eigenvalue weighted by Crippen LogP contribution is -2.47. The SMILES string of the molecule is COCCCN(C(=O)CCc1ccc(OCCCCN(C)CCOCCOCCc2cn(CCOCCOc3ccc(NC(=O)Nc4nc(CC(=O)N5CCN(C)CC5)cs4)cc3)nn2)cc1)C(C(=O)NCc1ccc(Cl)cc1)c1cnn(C)c1. The lowest BCUT2D eigenvalue weighted by Gasteiger charge is -2.32. The first-order chi connectivity index (χ1) is 41.4. The van der Waals surface area contributed by atoms with E-state index in [-0.39, 0.29) is 30.6 Å². The first-order valence-corrected chi connectivity index (χ1v) is 30.2. The van der Waals surface area contributed by atoms with Crippen LogP contribution in [0.25, 0.3) is 0 Å². The number of rotatable bonds is 38. The molecule has 1 fully saturated rings. The van der Waals surface area contributed by atoms with Gasteiger partial charge >= 0.3 is 6.03 Å². The van der Waals surface area contributed by atoms with Crippen molar-refractivity contribution < 1.29 is 47.6 Å². The molecule has 0 aliphatic carbocycles. The molecule has 0 saturated carbocycles. The smallest absolute Gasteiger partial charge is 0.325 e. The van der Waals surface area contributed by atoms with Crippen molar-refractivity contribution >= 4 is 57.5 Å². The number of halogens is 1. The molecular weight excluding hydrogens is 1130 g/mol. The molecule has 3 N–H and O–H groups in total. The summed E-state index contributed by atoms with van der Waals surface area (Å²) in [7, 11) is 7.54. The molecule has 1 aliphatic rings. The summed E-state index contributed by atoms with van der Waals surface area (Å²) >= 11 is 7.34. The Bertz CT molecular complexity index is 2920. The van der Waals surface area contributed by atoms with E-state index in [1.807, 2.05) is 54.5 Å². The van der Waals surface area contributed by atoms with Gasteiger partial charge in [0.25, 0.3) is 0 Å². The fraction of sp³-hybridized carbons (Fsp3) is 0.500. The number of urea groups is 1. The van der Waals surface area contributed by atoms with E-state index in [1.54, 1.807) is 82.6 Å². The van der Waals surface area contributed by atoms with E-state index < -0.39 is 12.1 Å². The second kappa shape index (κ2) is 36.1. The number of nitrogens with one attached hydrogen (secondary N) is 3. The first-order valence-electron chi connectivity index (χ1n) is 28.9. The topological polar surface area (TPSA) is 234 Å². The average molecular weight is 1210 g/mol. The van der Waals surface area contributed by atoms with Crippen LogP contribution in [0.15, 0.2) is 96.8 Å². The van der Waals surface area contributed by atoms with Gasteiger partial charge in [-0.25, -0.2) is 14.5 Å². The van der Waals surface area contributed by atoms with E-state index in [0.717, 1.165) is 61.6 Å². The van der Waals surface area contributed by atoms with Crippen LogP contribution in [0.5, 0.6) is 11.5 Å². The molecule has 1 saturated heterocycles. The number of amides is 5. The molecule has 1 aliphatic heterocycles. The second-order valence-corrected chi connectivity index (χ2v) is 21.9. The molecule has 1 atom stereocenters. The maximum atomic E-state index is 14.0. The highest BCUT2D eigenvalue weighted by Gasteiger charge is 2.32. The van der Waals surface area contributed by atoms with E-state index in [9.17, 15) is 19.2 Å². The number of benzene rings is 3. The van der Waals surface area contributed by atoms with Crippen LogP contribution in [-0.4, -0.2) is 200 Å². The molecule has 5 amide bonds. The van der Waals surface area contributed by atoms with Crippen molar-refractivity contribution in [2.45, 2.75) is 64.1 Å². The fourth-order valence-corrected chi connectivity index (χ4v) is 9.91. The van der Waals surface area contributed by atoms with Gasteiger partial charge < -0.3 is 58.7 Å². The number of thiazole rings is 1. The summed E-state index contributed by atoms with van der Waals surface area (Å²) in [5, 5.41) is 24.1. The van der Waals surface area contributed by atoms with Gasteiger partial charge in [-0.3, -0.25) is 24.4 Å². The molecule has 6 aromatic rings. The third kappa shape index (κ3) is 23.7. The van der Waals surface area contributed by atoms with Crippen molar-refractivity contribution in [2.75, 3.05) is 137 Å². The Hall–Kier alpha value is -7.03. The second-order valence-electron chi connectivity index (χ2n) is 20.6. The predicted octanol–water partition coefficient (Wildman–Crippen LogP) is 6.40. The average Bonchev–Trinajstić information content (AvgIpc) is 4.43. The zero-order valence-electron chi connectivity index (χ0n) is 49.3. The number of piperazine rings is 1. The number of carbonyl (C=O) groups excluding carboxylic acids is 4. The number of aryl methyl sites for hydroxylation is 2. The molecule has 25 heteroatoms. The minimum absolute atomic E-state index is 0.0454. The highest BCUT2D eigenvalue weighted by Crippen LogP contribution is 2.25. The molecule has 23 nitrogen and oxygen atoms in total. The van der Waals surface area contributed by atoms with Crippen molar-refractivity contribution in [3.63, 3.8) is 0 Å². The number of hydrogen-bond donors (Lipinski definition) is 3. The molecule has 85 heavy (non-hydrogen) atoms. The fourth-order valence-electron chi connectivity index (χ4n) is 9.07. The maximum Gasteiger partial charge on any atom is 0.325 e. The number of carbonyl (C=O) groups is 4. The lowest BCUT2D eigenvalue weighted by atomic mass is 10.0. The molecule has 7 rings (SSSR count). The van der Waals surface area contributed by atoms with Crippen LogP contribution in [-0.2, 0) is 72.7 Å². The zero-order valence-corrected chi connectivity index (χ0v) is 50.9. The molecule has 3 aromatic carbocycles. The van der Waals surface area contributed by atoms with Gasteiger partial charge in [-0.1, -0.05) is 41.1 Å². The normalized spacial score (nSPS) is 13.0. The number of methoxy groups -OCH3 is 1. The largest absolute Gasteiger partial charge is 0.494 e. The highest BCUT2D eigenvalue weighted by atomic mass is 35.5. The van der Waals surface area contributed by atoms with Gasteiger partial charge in [0.15, 0.2) is 5.13 Å². The van der Waals surface area contributed by atoms with Crippen LogP contribution in [0.3, 0.4) is 0 Å². The van der Waals surface area contributed by atoms with Gasteiger partial charge in [-0.15, -0.1) is 16.4 Å². The Labute approximate surface area is 507 Å². The number of nitrogens with zero attached hydrogens (tertiary/aromatic N) is 10. The summed E-state index contributed by atoms with van der Waals surface area (Å²) in [6.07, 6.45) is 9.34. The molecule has 0 spiro atoms. The van der Waals surface area contributed by atoms with Gasteiger partial charge in [0.2, 0.25) is 17.7 Å². The quantitative estimate of drug-likeness (QED) is 0.0356. The van der Waals surface area contributed by atoms with Crippen LogP contribution >= 0.6 is 22.9 Å². The molecule has 3 aromatic heterocycles. The highest BCUT2D eigenvalue weighted by molar-refractivity contribution is 7.14. The Kier molecular flexibility index (Phi) is 27.8. The van der Waals surface area contributed by atoms with Gasteiger partial charge in [0, 0.05) is 113 Å². The molecule has 0 bridgehead atoms. The molecule has 460 valence electrons. The number of unbranched alkanes of at least 4 members (excludes halogenated alkanes) is 1. The van der Waals surface area contributed by atoms with Crippen molar-refractivity contribution in [1.82, 2.24) is 54.7 Å². The summed E-state index contributed by atoms with van der Waals surface area (Å²) < 4.78 is 37.9. The summed E-state index contributed by atoms with van der Waals surface area (Å²) in [6, 6.07) is 20.9. The van der Waals surface area contributed by atoms with Crippen LogP contribution in [0.4, 0.5) is 15.6 Å². The van der Waals surface area contributed by atoms with E-state index in [1.165, 1.54) is 11.3 Å². The van der Waals surface area contributed by atoms with E-state index >= 15 is 0 Å². The number of hydrogen-bond acceptors (Lipinski definition) is 17. The summed E-state index contributed by atoms with van der Waals surface area (Å²) in [4.78, 5) is 65.4. The minimum atomic E-state index is -0.860. The minimum Gasteiger partial charge on any atom is -0.494 e. The molecule has 1 unspecified atom stereocenters. The Balaban J connectivity index is 0.665. The predicted molar refractivity (Wildman–Crippen MR) is 325 cm³/mol. The summed E-state index contributed by atoms with van der Waals surface area (Å²) in [5.41, 5.74) is 4.60. The zero-order chi connectivity index (χ0) is 60.0.